The van der Waals surface area contributed by atoms with Gasteiger partial charge in [-0.2, -0.15) is 0 Å². The molecule has 0 radical (unpaired) electrons. The number of piperazine rings is 1. The first-order valence-corrected chi connectivity index (χ1v) is 18.4. The number of piperidine rings is 2. The molecular formula is C37H47F2N7O6. The lowest BCUT2D eigenvalue weighted by Gasteiger charge is -2.38. The van der Waals surface area contributed by atoms with E-state index in [-0.39, 0.29) is 47.7 Å². The summed E-state index contributed by atoms with van der Waals surface area (Å²) in [6, 6.07) is 7.29. The number of amides is 2. The number of likely N-dealkylation sites (tertiary alicyclic amines) is 1. The van der Waals surface area contributed by atoms with Crippen LogP contribution in [0, 0.1) is 17.6 Å². The smallest absolute Gasteiger partial charge is 0.261 e. The maximum atomic E-state index is 15.1. The molecule has 2 aromatic carbocycles. The molecular weight excluding hydrogens is 676 g/mol. The molecule has 3 N–H and O–H groups in total. The van der Waals surface area contributed by atoms with Crippen LogP contribution in [0.4, 0.5) is 20.2 Å². The number of carbonyl (C=O) groups excluding carboxylic acids is 2. The number of rotatable bonds is 12. The molecule has 5 heterocycles. The zero-order valence-corrected chi connectivity index (χ0v) is 29.3. The van der Waals surface area contributed by atoms with E-state index in [2.05, 4.69) is 35.3 Å². The van der Waals surface area contributed by atoms with E-state index in [9.17, 15) is 18.8 Å². The second kappa shape index (κ2) is 16.7. The Bertz CT molecular complexity index is 1790. The number of aromatic nitrogens is 2. The molecule has 0 aliphatic carbocycles. The van der Waals surface area contributed by atoms with E-state index in [1.54, 1.807) is 18.2 Å². The minimum absolute atomic E-state index is 0.0476. The van der Waals surface area contributed by atoms with Gasteiger partial charge in [-0.15, -0.1) is 0 Å². The van der Waals surface area contributed by atoms with Gasteiger partial charge in [-0.3, -0.25) is 24.6 Å². The summed E-state index contributed by atoms with van der Waals surface area (Å²) in [5.41, 5.74) is 0.788. The normalized spacial score (nSPS) is 21.4. The van der Waals surface area contributed by atoms with Crippen LogP contribution in [0.25, 0.3) is 10.9 Å². The average molecular weight is 724 g/mol. The van der Waals surface area contributed by atoms with Gasteiger partial charge in [-0.05, 0) is 69.3 Å². The van der Waals surface area contributed by atoms with Gasteiger partial charge in [0.15, 0.2) is 0 Å². The Morgan fingerprint density at radius 2 is 1.63 bits per heavy atom. The highest BCUT2D eigenvalue weighted by atomic mass is 19.1. The third-order valence-electron chi connectivity index (χ3n) is 10.6. The molecule has 2 amide bonds. The third-order valence-corrected chi connectivity index (χ3v) is 10.6. The summed E-state index contributed by atoms with van der Waals surface area (Å²) in [4.78, 5) is 50.2. The molecule has 0 spiro atoms. The predicted octanol–water partition coefficient (Wildman–Crippen LogP) is 3.03. The Balaban J connectivity index is 0.821. The van der Waals surface area contributed by atoms with Crippen molar-refractivity contribution in [1.82, 2.24) is 25.1 Å². The van der Waals surface area contributed by atoms with E-state index < -0.39 is 17.4 Å². The number of anilines is 2. The number of hydrogen-bond donors (Lipinski definition) is 3. The zero-order valence-electron chi connectivity index (χ0n) is 29.3. The topological polar surface area (TPSA) is 141 Å². The standard InChI is InChI=1S/C37H47F2N7O6/c38-28-19-25(40-30-2-4-34(47)43-36(30)48)1-3-32(28)46-15-13-45(14-16-46)12-11-44-9-5-24(6-10-44)22-51-27-20-29(39)35-31(21-27)41-33(42-37(35)49)23-52-26-7-17-50-18-8-26/h1,3,19-21,24,26,30,40H,2,4-18,22-23H2,(H,41,42,49)(H,43,47,48)/t30-/m1/s1. The van der Waals surface area contributed by atoms with Gasteiger partial charge in [-0.25, -0.2) is 13.8 Å². The summed E-state index contributed by atoms with van der Waals surface area (Å²) < 4.78 is 47.4. The van der Waals surface area contributed by atoms with Gasteiger partial charge in [0, 0.05) is 76.7 Å². The molecule has 4 aliphatic heterocycles. The van der Waals surface area contributed by atoms with Crippen LogP contribution in [0.1, 0.15) is 44.3 Å². The van der Waals surface area contributed by atoms with E-state index in [0.717, 1.165) is 78.0 Å². The molecule has 4 aliphatic rings. The van der Waals surface area contributed by atoms with Crippen molar-refractivity contribution in [2.24, 2.45) is 5.92 Å². The summed E-state index contributed by atoms with van der Waals surface area (Å²) in [5.74, 6) is -0.598. The Hall–Kier alpha value is -4.18. The number of carbonyl (C=O) groups is 2. The zero-order chi connectivity index (χ0) is 36.0. The number of ether oxygens (including phenoxy) is 3. The van der Waals surface area contributed by atoms with E-state index in [4.69, 9.17) is 14.2 Å². The first-order chi connectivity index (χ1) is 25.3. The first-order valence-electron chi connectivity index (χ1n) is 18.4. The third kappa shape index (κ3) is 9.06. The van der Waals surface area contributed by atoms with Crippen molar-refractivity contribution in [3.8, 4) is 5.75 Å². The quantitative estimate of drug-likeness (QED) is 0.238. The highest BCUT2D eigenvalue weighted by Gasteiger charge is 2.27. The minimum atomic E-state index is -0.656. The van der Waals surface area contributed by atoms with Gasteiger partial charge >= 0.3 is 0 Å². The molecule has 13 nitrogen and oxygen atoms in total. The van der Waals surface area contributed by atoms with Gasteiger partial charge in [0.1, 0.15) is 41.2 Å². The van der Waals surface area contributed by atoms with Crippen molar-refractivity contribution in [3.63, 3.8) is 0 Å². The van der Waals surface area contributed by atoms with Crippen LogP contribution in [0.2, 0.25) is 0 Å². The number of halogens is 2. The van der Waals surface area contributed by atoms with Crippen molar-refractivity contribution in [1.29, 1.82) is 0 Å². The molecule has 4 fully saturated rings. The summed E-state index contributed by atoms with van der Waals surface area (Å²) in [6.45, 7) is 8.84. The number of benzene rings is 2. The number of nitrogens with zero attached hydrogens (tertiary/aromatic N) is 4. The lowest BCUT2D eigenvalue weighted by Crippen LogP contribution is -2.49. The van der Waals surface area contributed by atoms with Crippen molar-refractivity contribution in [2.45, 2.75) is 57.3 Å². The van der Waals surface area contributed by atoms with Crippen LogP contribution in [0.5, 0.6) is 5.75 Å². The monoisotopic (exact) mass is 723 g/mol. The first kappa shape index (κ1) is 36.2. The SMILES string of the molecule is O=C1CC[C@@H](Nc2ccc(N3CCN(CCN4CCC(COc5cc(F)c6c(=O)[nH]c(COC7CCOCC7)nc6c5)CC4)CC3)c(F)c2)C(=O)N1. The lowest BCUT2D eigenvalue weighted by atomic mass is 9.98. The lowest BCUT2D eigenvalue weighted by molar-refractivity contribution is -0.133. The molecule has 280 valence electrons. The number of hydrogen-bond acceptors (Lipinski definition) is 11. The fraction of sp³-hybridized carbons (Fsp3) is 0.568. The van der Waals surface area contributed by atoms with Crippen LogP contribution in [-0.2, 0) is 25.7 Å². The van der Waals surface area contributed by atoms with Gasteiger partial charge < -0.3 is 34.3 Å². The maximum absolute atomic E-state index is 15.1. The van der Waals surface area contributed by atoms with E-state index in [0.29, 0.717) is 55.1 Å². The molecule has 0 saturated carbocycles. The van der Waals surface area contributed by atoms with Gasteiger partial charge in [-0.1, -0.05) is 0 Å². The van der Waals surface area contributed by atoms with Crippen molar-refractivity contribution in [3.05, 3.63) is 58.1 Å². The molecule has 15 heteroatoms. The molecule has 52 heavy (non-hydrogen) atoms. The highest BCUT2D eigenvalue weighted by Crippen LogP contribution is 2.27. The van der Waals surface area contributed by atoms with Crippen LogP contribution < -0.4 is 25.8 Å². The van der Waals surface area contributed by atoms with E-state index in [1.165, 1.54) is 12.1 Å². The van der Waals surface area contributed by atoms with Crippen LogP contribution in [-0.4, -0.2) is 116 Å². The van der Waals surface area contributed by atoms with Gasteiger partial charge in [0.05, 0.1) is 23.9 Å². The van der Waals surface area contributed by atoms with Crippen molar-refractivity contribution in [2.75, 3.05) is 82.4 Å². The second-order valence-corrected chi connectivity index (χ2v) is 14.2. The molecule has 0 unspecified atom stereocenters. The number of imide groups is 1. The number of fused-ring (bicyclic) bond motifs is 1. The summed E-state index contributed by atoms with van der Waals surface area (Å²) in [6.07, 6.45) is 4.22. The van der Waals surface area contributed by atoms with Crippen molar-refractivity contribution >= 4 is 34.1 Å². The van der Waals surface area contributed by atoms with Crippen LogP contribution in [0.3, 0.4) is 0 Å². The van der Waals surface area contributed by atoms with E-state index >= 15 is 4.39 Å². The van der Waals surface area contributed by atoms with Crippen LogP contribution >= 0.6 is 0 Å². The molecule has 7 rings (SSSR count). The number of nitrogens with one attached hydrogen (secondary N) is 3. The van der Waals surface area contributed by atoms with Crippen molar-refractivity contribution < 1.29 is 32.6 Å². The van der Waals surface area contributed by atoms with Gasteiger partial charge in [0.2, 0.25) is 11.8 Å². The number of aromatic amines is 1. The predicted molar refractivity (Wildman–Crippen MR) is 190 cm³/mol. The average Bonchev–Trinajstić information content (AvgIpc) is 3.14. The maximum Gasteiger partial charge on any atom is 0.261 e. The Morgan fingerprint density at radius 3 is 2.37 bits per heavy atom. The van der Waals surface area contributed by atoms with Gasteiger partial charge in [0.25, 0.3) is 5.56 Å². The van der Waals surface area contributed by atoms with E-state index in [1.807, 2.05) is 0 Å². The molecule has 1 aromatic heterocycles. The minimum Gasteiger partial charge on any atom is -0.493 e. The molecule has 1 atom stereocenters. The summed E-state index contributed by atoms with van der Waals surface area (Å²) >= 11 is 0. The second-order valence-electron chi connectivity index (χ2n) is 14.2. The largest absolute Gasteiger partial charge is 0.493 e. The highest BCUT2D eigenvalue weighted by molar-refractivity contribution is 6.01. The summed E-state index contributed by atoms with van der Waals surface area (Å²) in [7, 11) is 0. The Morgan fingerprint density at radius 1 is 0.885 bits per heavy atom. The molecule has 3 aromatic rings. The molecule has 4 saturated heterocycles. The number of H-pyrrole nitrogens is 1. The Kier molecular flexibility index (Phi) is 11.6. The fourth-order valence-electron chi connectivity index (χ4n) is 7.41. The fourth-order valence-corrected chi connectivity index (χ4v) is 7.41. The van der Waals surface area contributed by atoms with Crippen LogP contribution in [0.15, 0.2) is 35.1 Å². The summed E-state index contributed by atoms with van der Waals surface area (Å²) in [5, 5.41) is 5.27. The Labute approximate surface area is 301 Å². The molecule has 0 bridgehead atoms.